The summed E-state index contributed by atoms with van der Waals surface area (Å²) >= 11 is 0. The molecule has 1 aromatic carbocycles. The normalized spacial score (nSPS) is 15.7. The van der Waals surface area contributed by atoms with Gasteiger partial charge >= 0.3 is 0 Å². The van der Waals surface area contributed by atoms with Gasteiger partial charge < -0.3 is 20.1 Å². The summed E-state index contributed by atoms with van der Waals surface area (Å²) in [6.07, 6.45) is 1.96. The second kappa shape index (κ2) is 12.4. The summed E-state index contributed by atoms with van der Waals surface area (Å²) in [4.78, 5) is 4.86. The molecule has 32 heavy (non-hydrogen) atoms. The standard InChI is InChI=1S/C24H37N5O2.HI/c1-6-25-23(26-16-22-18(3)28-29(5)19(22)4)27-17-24(12-14-30-15-13-24)20-8-10-21(11-9-20)31-7-2;/h8-11H,6-7,12-17H2,1-5H3,(H2,25,26,27);1H. The Morgan fingerprint density at radius 2 is 1.84 bits per heavy atom. The molecule has 8 heteroatoms. The number of aliphatic imine (C=N–C) groups is 1. The zero-order valence-electron chi connectivity index (χ0n) is 20.0. The van der Waals surface area contributed by atoms with E-state index < -0.39 is 0 Å². The zero-order valence-corrected chi connectivity index (χ0v) is 22.4. The van der Waals surface area contributed by atoms with Crippen LogP contribution in [-0.2, 0) is 23.7 Å². The maximum Gasteiger partial charge on any atom is 0.191 e. The summed E-state index contributed by atoms with van der Waals surface area (Å²) in [5.41, 5.74) is 4.72. The van der Waals surface area contributed by atoms with E-state index in [1.165, 1.54) is 11.1 Å². The molecular formula is C24H38IN5O2. The highest BCUT2D eigenvalue weighted by molar-refractivity contribution is 14.0. The van der Waals surface area contributed by atoms with Crippen LogP contribution in [-0.4, -0.2) is 48.7 Å². The predicted molar refractivity (Wildman–Crippen MR) is 140 cm³/mol. The molecule has 0 amide bonds. The molecule has 178 valence electrons. The quantitative estimate of drug-likeness (QED) is 0.294. The molecule has 1 fully saturated rings. The SMILES string of the molecule is CCNC(=NCc1c(C)nn(C)c1C)NCC1(c2ccc(OCC)cc2)CCOCC1.I. The number of ether oxygens (including phenoxy) is 2. The summed E-state index contributed by atoms with van der Waals surface area (Å²) in [7, 11) is 1.98. The van der Waals surface area contributed by atoms with Gasteiger partial charge in [0, 0.05) is 50.0 Å². The number of rotatable bonds is 8. The van der Waals surface area contributed by atoms with E-state index in [0.29, 0.717) is 13.2 Å². The molecule has 1 aliphatic rings. The van der Waals surface area contributed by atoms with Crippen LogP contribution >= 0.6 is 24.0 Å². The van der Waals surface area contributed by atoms with Gasteiger partial charge in [-0.15, -0.1) is 24.0 Å². The van der Waals surface area contributed by atoms with Crippen molar-refractivity contribution in [1.82, 2.24) is 20.4 Å². The second-order valence-corrected chi connectivity index (χ2v) is 8.17. The summed E-state index contributed by atoms with van der Waals surface area (Å²) in [6.45, 7) is 12.7. The number of nitrogens with one attached hydrogen (secondary N) is 2. The van der Waals surface area contributed by atoms with Gasteiger partial charge in [0.2, 0.25) is 0 Å². The van der Waals surface area contributed by atoms with Crippen LogP contribution in [0.25, 0.3) is 0 Å². The minimum absolute atomic E-state index is 0. The van der Waals surface area contributed by atoms with Crippen LogP contribution in [0.2, 0.25) is 0 Å². The molecule has 1 aromatic heterocycles. The van der Waals surface area contributed by atoms with Crippen molar-refractivity contribution in [2.24, 2.45) is 12.0 Å². The van der Waals surface area contributed by atoms with Crippen molar-refractivity contribution < 1.29 is 9.47 Å². The molecule has 2 heterocycles. The van der Waals surface area contributed by atoms with E-state index in [1.807, 2.05) is 25.6 Å². The Balaban J connectivity index is 0.00000363. The van der Waals surface area contributed by atoms with Crippen molar-refractivity contribution in [3.63, 3.8) is 0 Å². The first kappa shape index (κ1) is 26.4. The van der Waals surface area contributed by atoms with E-state index in [1.54, 1.807) is 0 Å². The zero-order chi connectivity index (χ0) is 22.3. The smallest absolute Gasteiger partial charge is 0.191 e. The van der Waals surface area contributed by atoms with Crippen LogP contribution in [0.15, 0.2) is 29.3 Å². The number of halogens is 1. The third-order valence-corrected chi connectivity index (χ3v) is 6.22. The molecule has 2 N–H and O–H groups in total. The van der Waals surface area contributed by atoms with Crippen molar-refractivity contribution in [2.45, 2.75) is 52.5 Å². The fraction of sp³-hybridized carbons (Fsp3) is 0.583. The van der Waals surface area contributed by atoms with Gasteiger partial charge in [-0.1, -0.05) is 12.1 Å². The Morgan fingerprint density at radius 3 is 2.41 bits per heavy atom. The number of guanidine groups is 1. The Kier molecular flexibility index (Phi) is 10.3. The average Bonchev–Trinajstić information content (AvgIpc) is 3.02. The van der Waals surface area contributed by atoms with Gasteiger partial charge in [0.15, 0.2) is 5.96 Å². The van der Waals surface area contributed by atoms with Crippen LogP contribution in [0.5, 0.6) is 5.75 Å². The number of aryl methyl sites for hydroxylation is 2. The maximum atomic E-state index is 5.69. The number of hydrogen-bond acceptors (Lipinski definition) is 4. The number of aromatic nitrogens is 2. The van der Waals surface area contributed by atoms with Crippen LogP contribution in [0.1, 0.15) is 49.2 Å². The molecule has 0 unspecified atom stereocenters. The largest absolute Gasteiger partial charge is 0.494 e. The topological polar surface area (TPSA) is 72.7 Å². The van der Waals surface area contributed by atoms with Crippen molar-refractivity contribution >= 4 is 29.9 Å². The molecule has 7 nitrogen and oxygen atoms in total. The Bertz CT molecular complexity index is 873. The molecule has 2 aromatic rings. The molecule has 0 saturated carbocycles. The monoisotopic (exact) mass is 555 g/mol. The minimum atomic E-state index is 0. The fourth-order valence-corrected chi connectivity index (χ4v) is 4.20. The van der Waals surface area contributed by atoms with E-state index in [4.69, 9.17) is 14.5 Å². The van der Waals surface area contributed by atoms with Gasteiger partial charge in [-0.25, -0.2) is 4.99 Å². The molecule has 0 bridgehead atoms. The summed E-state index contributed by atoms with van der Waals surface area (Å²) < 4.78 is 13.2. The van der Waals surface area contributed by atoms with Crippen molar-refractivity contribution in [3.05, 3.63) is 46.8 Å². The van der Waals surface area contributed by atoms with E-state index >= 15 is 0 Å². The highest BCUT2D eigenvalue weighted by Crippen LogP contribution is 2.35. The number of nitrogens with zero attached hydrogens (tertiary/aromatic N) is 3. The fourth-order valence-electron chi connectivity index (χ4n) is 4.20. The number of hydrogen-bond donors (Lipinski definition) is 2. The summed E-state index contributed by atoms with van der Waals surface area (Å²) in [6, 6.07) is 8.54. The molecule has 0 aliphatic carbocycles. The minimum Gasteiger partial charge on any atom is -0.494 e. The van der Waals surface area contributed by atoms with E-state index in [9.17, 15) is 0 Å². The van der Waals surface area contributed by atoms with Gasteiger partial charge in [-0.2, -0.15) is 5.10 Å². The number of benzene rings is 1. The molecule has 1 aliphatic heterocycles. The van der Waals surface area contributed by atoms with Crippen LogP contribution in [0.3, 0.4) is 0 Å². The van der Waals surface area contributed by atoms with Crippen LogP contribution in [0, 0.1) is 13.8 Å². The summed E-state index contributed by atoms with van der Waals surface area (Å²) in [5, 5.41) is 11.5. The lowest BCUT2D eigenvalue weighted by atomic mass is 9.74. The lowest BCUT2D eigenvalue weighted by Gasteiger charge is -2.38. The molecule has 1 saturated heterocycles. The maximum absolute atomic E-state index is 5.69. The van der Waals surface area contributed by atoms with E-state index in [0.717, 1.165) is 62.2 Å². The molecule has 0 atom stereocenters. The highest BCUT2D eigenvalue weighted by Gasteiger charge is 2.34. The van der Waals surface area contributed by atoms with Gasteiger partial charge in [-0.05, 0) is 58.2 Å². The Hall–Kier alpha value is -1.81. The molecular weight excluding hydrogens is 517 g/mol. The van der Waals surface area contributed by atoms with Gasteiger partial charge in [0.1, 0.15) is 5.75 Å². The molecule has 3 rings (SSSR count). The van der Waals surface area contributed by atoms with E-state index in [2.05, 4.69) is 53.8 Å². The van der Waals surface area contributed by atoms with E-state index in [-0.39, 0.29) is 29.4 Å². The predicted octanol–water partition coefficient (Wildman–Crippen LogP) is 3.86. The van der Waals surface area contributed by atoms with Gasteiger partial charge in [0.05, 0.1) is 18.8 Å². The Morgan fingerprint density at radius 1 is 1.16 bits per heavy atom. The first-order chi connectivity index (χ1) is 15.0. The van der Waals surface area contributed by atoms with Crippen molar-refractivity contribution in [1.29, 1.82) is 0 Å². The first-order valence-corrected chi connectivity index (χ1v) is 11.3. The third-order valence-electron chi connectivity index (χ3n) is 6.22. The van der Waals surface area contributed by atoms with Gasteiger partial charge in [0.25, 0.3) is 0 Å². The van der Waals surface area contributed by atoms with Crippen molar-refractivity contribution in [3.8, 4) is 5.75 Å². The second-order valence-electron chi connectivity index (χ2n) is 8.17. The molecule has 0 radical (unpaired) electrons. The lowest BCUT2D eigenvalue weighted by molar-refractivity contribution is 0.0513. The Labute approximate surface area is 209 Å². The summed E-state index contributed by atoms with van der Waals surface area (Å²) in [5.74, 6) is 1.75. The van der Waals surface area contributed by atoms with Crippen LogP contribution in [0.4, 0.5) is 0 Å². The average molecular weight is 556 g/mol. The highest BCUT2D eigenvalue weighted by atomic mass is 127. The first-order valence-electron chi connectivity index (χ1n) is 11.3. The van der Waals surface area contributed by atoms with Crippen LogP contribution < -0.4 is 15.4 Å². The van der Waals surface area contributed by atoms with Gasteiger partial charge in [-0.3, -0.25) is 4.68 Å². The molecule has 0 spiro atoms. The third kappa shape index (κ3) is 6.37. The lowest BCUT2D eigenvalue weighted by Crippen LogP contribution is -2.48. The van der Waals surface area contributed by atoms with Crippen molar-refractivity contribution in [2.75, 3.05) is 32.9 Å².